The molecule has 90 valence electrons. The van der Waals surface area contributed by atoms with Gasteiger partial charge in [-0.2, -0.15) is 5.10 Å². The van der Waals surface area contributed by atoms with Crippen LogP contribution < -0.4 is 5.73 Å². The largest absolute Gasteiger partial charge is 0.326 e. The summed E-state index contributed by atoms with van der Waals surface area (Å²) in [5.74, 6) is 0. The van der Waals surface area contributed by atoms with Gasteiger partial charge in [0.1, 0.15) is 0 Å². The van der Waals surface area contributed by atoms with Gasteiger partial charge in [0, 0.05) is 34.9 Å². The lowest BCUT2D eigenvalue weighted by molar-refractivity contribution is 0.640. The van der Waals surface area contributed by atoms with Gasteiger partial charge in [0.2, 0.25) is 0 Å². The van der Waals surface area contributed by atoms with Crippen molar-refractivity contribution in [1.82, 2.24) is 9.78 Å². The number of benzene rings is 1. The summed E-state index contributed by atoms with van der Waals surface area (Å²) in [4.78, 5) is 0. The van der Waals surface area contributed by atoms with E-state index in [-0.39, 0.29) is 0 Å². The van der Waals surface area contributed by atoms with Gasteiger partial charge in [-0.1, -0.05) is 23.7 Å². The van der Waals surface area contributed by atoms with Crippen molar-refractivity contribution in [3.05, 3.63) is 40.7 Å². The highest BCUT2D eigenvalue weighted by molar-refractivity contribution is 6.33. The van der Waals surface area contributed by atoms with Gasteiger partial charge in [0.25, 0.3) is 0 Å². The number of hydrogen-bond donors (Lipinski definition) is 1. The summed E-state index contributed by atoms with van der Waals surface area (Å²) in [6.45, 7) is 5.50. The minimum absolute atomic E-state index is 0.507. The second-order valence-corrected chi connectivity index (χ2v) is 4.38. The molecule has 1 aromatic heterocycles. The third kappa shape index (κ3) is 2.21. The van der Waals surface area contributed by atoms with Crippen LogP contribution in [0.5, 0.6) is 0 Å². The number of nitrogens with two attached hydrogens (primary N) is 1. The van der Waals surface area contributed by atoms with Crippen molar-refractivity contribution >= 4 is 11.6 Å². The number of hydrogen-bond acceptors (Lipinski definition) is 2. The molecule has 0 unspecified atom stereocenters. The van der Waals surface area contributed by atoms with Crippen LogP contribution in [0.3, 0.4) is 0 Å². The van der Waals surface area contributed by atoms with Crippen LogP contribution >= 0.6 is 11.6 Å². The fraction of sp³-hybridized carbons (Fsp3) is 0.308. The highest BCUT2D eigenvalue weighted by Gasteiger charge is 2.11. The number of aryl methyl sites for hydroxylation is 1. The molecule has 3 nitrogen and oxygen atoms in total. The first-order valence-electron chi connectivity index (χ1n) is 5.68. The molecule has 0 saturated carbocycles. The van der Waals surface area contributed by atoms with Gasteiger partial charge in [-0.05, 0) is 25.5 Å². The lowest BCUT2D eigenvalue weighted by Crippen LogP contribution is -1.99. The molecular weight excluding hydrogens is 234 g/mol. The van der Waals surface area contributed by atoms with Crippen LogP contribution in [0, 0.1) is 6.92 Å². The maximum absolute atomic E-state index is 6.27. The summed E-state index contributed by atoms with van der Waals surface area (Å²) in [6.07, 6.45) is 1.86. The van der Waals surface area contributed by atoms with Gasteiger partial charge in [-0.3, -0.25) is 4.68 Å². The molecule has 4 heteroatoms. The summed E-state index contributed by atoms with van der Waals surface area (Å²) in [5, 5.41) is 5.06. The van der Waals surface area contributed by atoms with Gasteiger partial charge in [0.15, 0.2) is 0 Å². The Morgan fingerprint density at radius 2 is 2.12 bits per heavy atom. The highest BCUT2D eigenvalue weighted by atomic mass is 35.5. The smallest absolute Gasteiger partial charge is 0.0571 e. The van der Waals surface area contributed by atoms with Crippen LogP contribution in [-0.4, -0.2) is 9.78 Å². The summed E-state index contributed by atoms with van der Waals surface area (Å²) in [5.41, 5.74) is 9.86. The Bertz CT molecular complexity index is 531. The number of aromatic nitrogens is 2. The molecular formula is C13H16ClN3. The predicted molar refractivity (Wildman–Crippen MR) is 71.0 cm³/mol. The standard InChI is InChI=1S/C13H16ClN3/c1-3-17-9(2)12(8-16-17)11-5-4-10(7-15)6-13(11)14/h4-6,8H,3,7,15H2,1-2H3. The maximum Gasteiger partial charge on any atom is 0.0571 e. The number of halogens is 1. The Hall–Kier alpha value is -1.32. The quantitative estimate of drug-likeness (QED) is 0.909. The summed E-state index contributed by atoms with van der Waals surface area (Å²) < 4.78 is 1.96. The molecule has 2 N–H and O–H groups in total. The first kappa shape index (κ1) is 12.1. The second-order valence-electron chi connectivity index (χ2n) is 3.98. The zero-order valence-corrected chi connectivity index (χ0v) is 10.8. The van der Waals surface area contributed by atoms with E-state index < -0.39 is 0 Å². The zero-order valence-electron chi connectivity index (χ0n) is 10.1. The predicted octanol–water partition coefficient (Wildman–Crippen LogP) is 2.99. The summed E-state index contributed by atoms with van der Waals surface area (Å²) in [6, 6.07) is 5.93. The van der Waals surface area contributed by atoms with Crippen LogP contribution in [0.1, 0.15) is 18.2 Å². The van der Waals surface area contributed by atoms with E-state index >= 15 is 0 Å². The minimum Gasteiger partial charge on any atom is -0.326 e. The molecule has 0 spiro atoms. The average molecular weight is 250 g/mol. The monoisotopic (exact) mass is 249 g/mol. The zero-order chi connectivity index (χ0) is 12.4. The van der Waals surface area contributed by atoms with Gasteiger partial charge >= 0.3 is 0 Å². The molecule has 0 saturated heterocycles. The topological polar surface area (TPSA) is 43.8 Å². The fourth-order valence-corrected chi connectivity index (χ4v) is 2.24. The van der Waals surface area contributed by atoms with Crippen molar-refractivity contribution in [2.24, 2.45) is 5.73 Å². The molecule has 0 amide bonds. The van der Waals surface area contributed by atoms with Crippen LogP contribution in [0.2, 0.25) is 5.02 Å². The molecule has 0 atom stereocenters. The number of rotatable bonds is 3. The van der Waals surface area contributed by atoms with Crippen molar-refractivity contribution < 1.29 is 0 Å². The van der Waals surface area contributed by atoms with Gasteiger partial charge < -0.3 is 5.73 Å². The van der Waals surface area contributed by atoms with Gasteiger partial charge in [-0.15, -0.1) is 0 Å². The third-order valence-corrected chi connectivity index (χ3v) is 3.27. The molecule has 1 aromatic carbocycles. The van der Waals surface area contributed by atoms with Crippen LogP contribution in [0.25, 0.3) is 11.1 Å². The molecule has 1 heterocycles. The highest BCUT2D eigenvalue weighted by Crippen LogP contribution is 2.30. The lowest BCUT2D eigenvalue weighted by atomic mass is 10.0. The van der Waals surface area contributed by atoms with Crippen LogP contribution in [0.15, 0.2) is 24.4 Å². The molecule has 17 heavy (non-hydrogen) atoms. The molecule has 2 rings (SSSR count). The van der Waals surface area contributed by atoms with Crippen LogP contribution in [-0.2, 0) is 13.1 Å². The molecule has 2 aromatic rings. The summed E-state index contributed by atoms with van der Waals surface area (Å²) in [7, 11) is 0. The summed E-state index contributed by atoms with van der Waals surface area (Å²) >= 11 is 6.27. The van der Waals surface area contributed by atoms with Crippen LogP contribution in [0.4, 0.5) is 0 Å². The Morgan fingerprint density at radius 3 is 2.65 bits per heavy atom. The molecule has 0 aliphatic heterocycles. The SMILES string of the molecule is CCn1ncc(-c2ccc(CN)cc2Cl)c1C. The maximum atomic E-state index is 6.27. The van der Waals surface area contributed by atoms with Crippen molar-refractivity contribution in [1.29, 1.82) is 0 Å². The van der Waals surface area contributed by atoms with Crippen molar-refractivity contribution in [3.63, 3.8) is 0 Å². The lowest BCUT2D eigenvalue weighted by Gasteiger charge is -2.06. The van der Waals surface area contributed by atoms with E-state index in [0.29, 0.717) is 6.54 Å². The first-order valence-corrected chi connectivity index (χ1v) is 6.06. The Balaban J connectivity index is 2.49. The van der Waals surface area contributed by atoms with E-state index in [2.05, 4.69) is 18.9 Å². The Morgan fingerprint density at radius 1 is 1.35 bits per heavy atom. The van der Waals surface area contributed by atoms with E-state index in [1.807, 2.05) is 29.1 Å². The van der Waals surface area contributed by atoms with Crippen molar-refractivity contribution in [2.75, 3.05) is 0 Å². The minimum atomic E-state index is 0.507. The molecule has 0 aliphatic carbocycles. The number of nitrogens with zero attached hydrogens (tertiary/aromatic N) is 2. The fourth-order valence-electron chi connectivity index (χ4n) is 1.93. The van der Waals surface area contributed by atoms with Crippen molar-refractivity contribution in [2.45, 2.75) is 26.9 Å². The molecule has 0 fully saturated rings. The average Bonchev–Trinajstić information content (AvgIpc) is 2.70. The third-order valence-electron chi connectivity index (χ3n) is 2.96. The van der Waals surface area contributed by atoms with E-state index in [1.54, 1.807) is 0 Å². The molecule has 0 aliphatic rings. The normalized spacial score (nSPS) is 10.8. The van der Waals surface area contributed by atoms with E-state index in [1.165, 1.54) is 0 Å². The Kier molecular flexibility index (Phi) is 3.50. The Labute approximate surface area is 106 Å². The van der Waals surface area contributed by atoms with E-state index in [4.69, 9.17) is 17.3 Å². The molecule has 0 radical (unpaired) electrons. The van der Waals surface area contributed by atoms with E-state index in [9.17, 15) is 0 Å². The molecule has 0 bridgehead atoms. The van der Waals surface area contributed by atoms with E-state index in [0.717, 1.165) is 34.0 Å². The second kappa shape index (κ2) is 4.90. The van der Waals surface area contributed by atoms with Crippen molar-refractivity contribution in [3.8, 4) is 11.1 Å². The van der Waals surface area contributed by atoms with Gasteiger partial charge in [0.05, 0.1) is 6.20 Å². The van der Waals surface area contributed by atoms with Gasteiger partial charge in [-0.25, -0.2) is 0 Å². The first-order chi connectivity index (χ1) is 8.17.